The fourth-order valence-corrected chi connectivity index (χ4v) is 4.59. The first-order chi connectivity index (χ1) is 16.6. The number of anilines is 1. The van der Waals surface area contributed by atoms with Crippen LogP contribution in [-0.4, -0.2) is 54.1 Å². The Labute approximate surface area is 187 Å². The predicted octanol–water partition coefficient (Wildman–Crippen LogP) is 3.33. The van der Waals surface area contributed by atoms with E-state index < -0.39 is 13.1 Å². The topological polar surface area (TPSA) is 64.1 Å². The maximum absolute atomic E-state index is 12.7. The van der Waals surface area contributed by atoms with Gasteiger partial charge in [0.05, 0.1) is 23.3 Å². The third kappa shape index (κ3) is 3.46. The zero-order chi connectivity index (χ0) is 24.5. The van der Waals surface area contributed by atoms with Crippen LogP contribution in [0.1, 0.15) is 52.8 Å². The van der Waals surface area contributed by atoms with Crippen LogP contribution in [0.3, 0.4) is 0 Å². The molecule has 0 bridgehead atoms. The summed E-state index contributed by atoms with van der Waals surface area (Å²) in [6.07, 6.45) is 3.71. The van der Waals surface area contributed by atoms with Gasteiger partial charge in [-0.05, 0) is 43.5 Å². The van der Waals surface area contributed by atoms with Crippen LogP contribution in [0.2, 0.25) is 0 Å². The monoisotopic (exact) mass is 425 g/mol. The fourth-order valence-electron chi connectivity index (χ4n) is 4.59. The lowest BCUT2D eigenvalue weighted by Gasteiger charge is -2.34. The number of nitrogens with zero attached hydrogens (tertiary/aromatic N) is 3. The van der Waals surface area contributed by atoms with Crippen LogP contribution in [0.4, 0.5) is 5.82 Å². The van der Waals surface area contributed by atoms with Crippen molar-refractivity contribution in [1.29, 1.82) is 0 Å². The molecule has 0 unspecified atom stereocenters. The number of aryl methyl sites for hydroxylation is 1. The summed E-state index contributed by atoms with van der Waals surface area (Å²) in [4.78, 5) is 21.8. The van der Waals surface area contributed by atoms with Gasteiger partial charge in [-0.3, -0.25) is 4.79 Å². The average Bonchev–Trinajstić information content (AvgIpc) is 3.59. The highest BCUT2D eigenvalue weighted by Crippen LogP contribution is 2.37. The Morgan fingerprint density at radius 3 is 2.65 bits per heavy atom. The fraction of sp³-hybridized carbons (Fsp3) is 0.500. The van der Waals surface area contributed by atoms with Gasteiger partial charge in [0, 0.05) is 38.0 Å². The van der Waals surface area contributed by atoms with Gasteiger partial charge in [-0.1, -0.05) is 0 Å². The lowest BCUT2D eigenvalue weighted by Crippen LogP contribution is -2.39. The van der Waals surface area contributed by atoms with Crippen molar-refractivity contribution in [2.75, 3.05) is 31.1 Å². The van der Waals surface area contributed by atoms with Gasteiger partial charge in [-0.15, -0.1) is 0 Å². The molecule has 6 rings (SSSR count). The van der Waals surface area contributed by atoms with Crippen molar-refractivity contribution in [2.45, 2.75) is 51.3 Å². The van der Waals surface area contributed by atoms with E-state index in [1.165, 1.54) is 6.07 Å². The number of aromatic nitrogens is 1. The Hall–Kier alpha value is -2.96. The highest BCUT2D eigenvalue weighted by Gasteiger charge is 2.39. The Kier molecular flexibility index (Phi) is 3.53. The number of carbonyl (C=O) groups is 1. The number of hydrogen-bond donors (Lipinski definition) is 0. The number of hydrogen-bond acceptors (Lipinski definition) is 6. The van der Waals surface area contributed by atoms with Crippen molar-refractivity contribution >= 4 is 11.7 Å². The highest BCUT2D eigenvalue weighted by molar-refractivity contribution is 5.98. The Bertz CT molecular complexity index is 1200. The molecule has 1 amide bonds. The number of ether oxygens (including phenoxy) is 3. The minimum absolute atomic E-state index is 0.0290. The number of amides is 1. The summed E-state index contributed by atoms with van der Waals surface area (Å²) in [5, 5.41) is 0. The minimum atomic E-state index is -2.61. The third-order valence-corrected chi connectivity index (χ3v) is 6.39. The van der Waals surface area contributed by atoms with E-state index in [-0.39, 0.29) is 23.5 Å². The number of piperidine rings is 1. The van der Waals surface area contributed by atoms with Crippen molar-refractivity contribution in [1.82, 2.24) is 9.88 Å². The van der Waals surface area contributed by atoms with Gasteiger partial charge in [0.15, 0.2) is 11.5 Å². The molecule has 1 saturated carbocycles. The molecule has 0 atom stereocenters. The first kappa shape index (κ1) is 14.9. The molecule has 0 radical (unpaired) electrons. The van der Waals surface area contributed by atoms with E-state index in [9.17, 15) is 4.79 Å². The molecule has 0 N–H and O–H groups in total. The van der Waals surface area contributed by atoms with Gasteiger partial charge < -0.3 is 24.0 Å². The van der Waals surface area contributed by atoms with Crippen molar-refractivity contribution in [3.63, 3.8) is 0 Å². The lowest BCUT2D eigenvalue weighted by atomic mass is 10.1. The predicted molar refractivity (Wildman–Crippen MR) is 115 cm³/mol. The second-order valence-corrected chi connectivity index (χ2v) is 8.61. The van der Waals surface area contributed by atoms with Gasteiger partial charge in [-0.25, -0.2) is 4.98 Å². The molecule has 1 aliphatic carbocycles. The molecule has 3 aliphatic heterocycles. The van der Waals surface area contributed by atoms with Crippen LogP contribution in [0.25, 0.3) is 0 Å². The molecule has 1 aromatic carbocycles. The van der Waals surface area contributed by atoms with Gasteiger partial charge in [0.25, 0.3) is 5.91 Å². The number of fused-ring (bicyclic) bond motifs is 2. The van der Waals surface area contributed by atoms with Crippen LogP contribution in [0.15, 0.2) is 24.3 Å². The molecular formula is C24H27N3O4. The van der Waals surface area contributed by atoms with Crippen LogP contribution in [0.5, 0.6) is 17.2 Å². The number of benzene rings is 1. The van der Waals surface area contributed by atoms with Gasteiger partial charge in [0.1, 0.15) is 30.8 Å². The molecule has 31 heavy (non-hydrogen) atoms. The largest absolute Gasteiger partial charge is 0.490 e. The normalized spacial score (nSPS) is 25.9. The van der Waals surface area contributed by atoms with E-state index in [1.54, 1.807) is 12.1 Å². The van der Waals surface area contributed by atoms with Gasteiger partial charge in [0.2, 0.25) is 0 Å². The Morgan fingerprint density at radius 2 is 1.87 bits per heavy atom. The van der Waals surface area contributed by atoms with Crippen LogP contribution in [0, 0.1) is 6.92 Å². The summed E-state index contributed by atoms with van der Waals surface area (Å²) in [7, 11) is 0. The molecule has 7 heteroatoms. The number of carbonyl (C=O) groups excluding carboxylic acids is 1. The molecular weight excluding hydrogens is 394 g/mol. The zero-order valence-electron chi connectivity index (χ0n) is 21.4. The van der Waals surface area contributed by atoms with Crippen LogP contribution < -0.4 is 19.1 Å². The second kappa shape index (κ2) is 7.32. The molecule has 1 aromatic heterocycles. The van der Waals surface area contributed by atoms with E-state index in [4.69, 9.17) is 24.7 Å². The first-order valence-corrected chi connectivity index (χ1v) is 10.9. The quantitative estimate of drug-likeness (QED) is 0.749. The van der Waals surface area contributed by atoms with E-state index in [0.717, 1.165) is 61.4 Å². The smallest absolute Gasteiger partial charge is 0.256 e. The van der Waals surface area contributed by atoms with E-state index in [1.807, 2.05) is 17.9 Å². The summed E-state index contributed by atoms with van der Waals surface area (Å²) in [6, 6.07) is 7.14. The zero-order valence-corrected chi connectivity index (χ0v) is 17.4. The van der Waals surface area contributed by atoms with E-state index >= 15 is 0 Å². The molecule has 2 fully saturated rings. The summed E-state index contributed by atoms with van der Waals surface area (Å²) >= 11 is 0. The SMILES string of the molecule is [2H]C1([2H])Oc2ccc(OC3CCN(c4nc5c(cc4C)C(=O)N(C4CC4)C5)CC3)cc2OC1([2H])[2H]. The van der Waals surface area contributed by atoms with E-state index in [0.29, 0.717) is 18.3 Å². The highest BCUT2D eigenvalue weighted by atomic mass is 16.6. The summed E-state index contributed by atoms with van der Waals surface area (Å²) in [5.74, 6) is 1.83. The van der Waals surface area contributed by atoms with Crippen molar-refractivity contribution < 1.29 is 24.5 Å². The average molecular weight is 426 g/mol. The summed E-state index contributed by atoms with van der Waals surface area (Å²) < 4.78 is 47.4. The molecule has 162 valence electrons. The number of rotatable bonds is 4. The lowest BCUT2D eigenvalue weighted by molar-refractivity contribution is 0.0766. The van der Waals surface area contributed by atoms with Gasteiger partial charge in [-0.2, -0.15) is 0 Å². The van der Waals surface area contributed by atoms with Crippen LogP contribution in [-0.2, 0) is 6.54 Å². The maximum Gasteiger partial charge on any atom is 0.256 e. The molecule has 4 heterocycles. The Balaban J connectivity index is 1.11. The van der Waals surface area contributed by atoms with Crippen molar-refractivity contribution in [3.8, 4) is 17.2 Å². The molecule has 0 spiro atoms. The molecule has 2 aromatic rings. The summed E-state index contributed by atoms with van der Waals surface area (Å²) in [6.45, 7) is -1.03. The maximum atomic E-state index is 12.7. The number of pyridine rings is 1. The first-order valence-electron chi connectivity index (χ1n) is 12.9. The third-order valence-electron chi connectivity index (χ3n) is 6.39. The minimum Gasteiger partial charge on any atom is -0.490 e. The van der Waals surface area contributed by atoms with Gasteiger partial charge >= 0.3 is 0 Å². The molecule has 1 saturated heterocycles. The van der Waals surface area contributed by atoms with Crippen molar-refractivity contribution in [3.05, 3.63) is 41.1 Å². The van der Waals surface area contributed by atoms with Crippen molar-refractivity contribution in [2.24, 2.45) is 0 Å². The van der Waals surface area contributed by atoms with E-state index in [2.05, 4.69) is 4.90 Å². The standard InChI is InChI=1S/C24H27N3O4/c1-15-12-19-20(14-27(24(19)28)16-2-3-16)25-23(15)26-8-6-17(7-9-26)31-18-4-5-21-22(13-18)30-11-10-29-21/h4-5,12-13,16-17H,2-3,6-11,14H2,1H3/i10D2,11D2. The Morgan fingerprint density at radius 1 is 1.10 bits per heavy atom. The van der Waals surface area contributed by atoms with Crippen LogP contribution >= 0.6 is 0 Å². The molecule has 4 aliphatic rings. The summed E-state index contributed by atoms with van der Waals surface area (Å²) in [5.41, 5.74) is 2.63. The molecule has 7 nitrogen and oxygen atoms in total. The second-order valence-electron chi connectivity index (χ2n) is 8.61.